The van der Waals surface area contributed by atoms with Crippen LogP contribution >= 0.6 is 0 Å². The highest BCUT2D eigenvalue weighted by Crippen LogP contribution is 2.35. The van der Waals surface area contributed by atoms with E-state index in [-0.39, 0.29) is 0 Å². The van der Waals surface area contributed by atoms with Crippen molar-refractivity contribution < 1.29 is 0 Å². The fourth-order valence-corrected chi connectivity index (χ4v) is 2.98. The summed E-state index contributed by atoms with van der Waals surface area (Å²) in [5.74, 6) is 0.755. The fraction of sp³-hybridized carbons (Fsp3) is 0.286. The van der Waals surface area contributed by atoms with Crippen molar-refractivity contribution in [3.63, 3.8) is 0 Å². The molecule has 3 rings (SSSR count). The van der Waals surface area contributed by atoms with E-state index < -0.39 is 0 Å². The summed E-state index contributed by atoms with van der Waals surface area (Å²) < 4.78 is 0. The zero-order valence-electron chi connectivity index (χ0n) is 9.11. The lowest BCUT2D eigenvalue weighted by atomic mass is 9.33. The van der Waals surface area contributed by atoms with Gasteiger partial charge in [-0.2, -0.15) is 0 Å². The van der Waals surface area contributed by atoms with Crippen LogP contribution in [0.5, 0.6) is 0 Å². The largest absolute Gasteiger partial charge is 0.180 e. The monoisotopic (exact) mass is 194 g/mol. The van der Waals surface area contributed by atoms with Gasteiger partial charge in [-0.3, -0.25) is 0 Å². The van der Waals surface area contributed by atoms with Crippen LogP contribution in [0.15, 0.2) is 48.1 Å². The van der Waals surface area contributed by atoms with Crippen molar-refractivity contribution in [2.75, 3.05) is 0 Å². The van der Waals surface area contributed by atoms with E-state index in [4.69, 9.17) is 0 Å². The predicted molar refractivity (Wildman–Crippen MR) is 67.0 cm³/mol. The molecule has 1 aliphatic carbocycles. The normalized spacial score (nSPS) is 23.1. The number of benzene rings is 1. The van der Waals surface area contributed by atoms with Gasteiger partial charge in [0, 0.05) is 0 Å². The maximum atomic E-state index is 2.37. The van der Waals surface area contributed by atoms with Crippen LogP contribution < -0.4 is 5.46 Å². The summed E-state index contributed by atoms with van der Waals surface area (Å²) in [6.07, 6.45) is 9.22. The van der Waals surface area contributed by atoms with Gasteiger partial charge in [0.05, 0.1) is 0 Å². The Kier molecular flexibility index (Phi) is 2.05. The van der Waals surface area contributed by atoms with E-state index in [1.807, 2.05) is 0 Å². The number of rotatable bonds is 0. The Bertz CT molecular complexity index is 442. The van der Waals surface area contributed by atoms with Crippen LogP contribution in [0, 0.1) is 0 Å². The van der Waals surface area contributed by atoms with Crippen molar-refractivity contribution in [3.05, 3.63) is 53.6 Å². The molecule has 1 heteroatoms. The molecule has 1 heterocycles. The molecule has 0 saturated carbocycles. The van der Waals surface area contributed by atoms with Gasteiger partial charge >= 0.3 is 0 Å². The first-order valence-corrected chi connectivity index (χ1v) is 5.79. The molecule has 1 aromatic carbocycles. The Morgan fingerprint density at radius 2 is 2.13 bits per heavy atom. The van der Waals surface area contributed by atoms with Gasteiger partial charge in [-0.15, -0.1) is 0 Å². The average molecular weight is 194 g/mol. The van der Waals surface area contributed by atoms with Gasteiger partial charge in [0.15, 0.2) is 6.71 Å². The van der Waals surface area contributed by atoms with Gasteiger partial charge in [0.1, 0.15) is 0 Å². The molecule has 0 aromatic heterocycles. The van der Waals surface area contributed by atoms with Gasteiger partial charge in [0.25, 0.3) is 0 Å². The van der Waals surface area contributed by atoms with Crippen LogP contribution in [0.3, 0.4) is 0 Å². The van der Waals surface area contributed by atoms with Gasteiger partial charge in [-0.25, -0.2) is 0 Å². The zero-order valence-corrected chi connectivity index (χ0v) is 9.11. The van der Waals surface area contributed by atoms with Crippen LogP contribution in [0.4, 0.5) is 0 Å². The first kappa shape index (κ1) is 9.02. The summed E-state index contributed by atoms with van der Waals surface area (Å²) in [6.45, 7) is 3.06. The van der Waals surface area contributed by atoms with Crippen molar-refractivity contribution >= 4 is 12.2 Å². The van der Waals surface area contributed by atoms with Crippen LogP contribution in [0.2, 0.25) is 12.6 Å². The summed E-state index contributed by atoms with van der Waals surface area (Å²) >= 11 is 0. The second kappa shape index (κ2) is 3.41. The van der Waals surface area contributed by atoms with Crippen LogP contribution in [-0.2, 0) is 6.42 Å². The average Bonchev–Trinajstić information content (AvgIpc) is 2.30. The maximum absolute atomic E-state index is 2.37. The van der Waals surface area contributed by atoms with E-state index in [0.717, 1.165) is 12.2 Å². The number of fused-ring (bicyclic) bond motifs is 2. The summed E-state index contributed by atoms with van der Waals surface area (Å²) in [7, 11) is 0. The molecule has 0 radical (unpaired) electrons. The zero-order chi connectivity index (χ0) is 10.3. The van der Waals surface area contributed by atoms with Gasteiger partial charge in [-0.1, -0.05) is 60.4 Å². The molecule has 74 valence electrons. The highest BCUT2D eigenvalue weighted by Gasteiger charge is 2.31. The van der Waals surface area contributed by atoms with Gasteiger partial charge in [-0.05, 0) is 24.2 Å². The lowest BCUT2D eigenvalue weighted by Gasteiger charge is -2.32. The van der Waals surface area contributed by atoms with Crippen molar-refractivity contribution in [1.82, 2.24) is 0 Å². The summed E-state index contributed by atoms with van der Waals surface area (Å²) in [5, 5.41) is 0. The molecule has 0 N–H and O–H groups in total. The van der Waals surface area contributed by atoms with Crippen molar-refractivity contribution in [2.24, 2.45) is 0 Å². The lowest BCUT2D eigenvalue weighted by Crippen LogP contribution is -2.40. The Balaban J connectivity index is 2.09. The summed E-state index contributed by atoms with van der Waals surface area (Å²) in [4.78, 5) is 0. The Morgan fingerprint density at radius 3 is 3.07 bits per heavy atom. The third-order valence-electron chi connectivity index (χ3n) is 3.86. The molecule has 0 saturated heterocycles. The van der Waals surface area contributed by atoms with Crippen LogP contribution in [-0.4, -0.2) is 6.71 Å². The molecule has 0 fully saturated rings. The topological polar surface area (TPSA) is 0 Å². The molecule has 1 aromatic rings. The highest BCUT2D eigenvalue weighted by molar-refractivity contribution is 6.75. The second-order valence-electron chi connectivity index (χ2n) is 4.68. The highest BCUT2D eigenvalue weighted by atomic mass is 14.2. The molecule has 2 aliphatic rings. The number of hydrogen-bond donors (Lipinski definition) is 0. The Morgan fingerprint density at radius 1 is 1.27 bits per heavy atom. The molecule has 0 nitrogen and oxygen atoms in total. The quantitative estimate of drug-likeness (QED) is 0.557. The van der Waals surface area contributed by atoms with Crippen molar-refractivity contribution in [3.8, 4) is 0 Å². The van der Waals surface area contributed by atoms with Crippen LogP contribution in [0.1, 0.15) is 12.0 Å². The first-order chi connectivity index (χ1) is 7.36. The molecule has 1 unspecified atom stereocenters. The Labute approximate surface area is 91.8 Å². The van der Waals surface area contributed by atoms with Gasteiger partial charge < -0.3 is 0 Å². The van der Waals surface area contributed by atoms with Gasteiger partial charge in [0.2, 0.25) is 0 Å². The minimum Gasteiger partial charge on any atom is -0.0846 e. The smallest absolute Gasteiger partial charge is 0.0846 e. The molecule has 0 spiro atoms. The number of hydrogen-bond acceptors (Lipinski definition) is 0. The molecule has 0 amide bonds. The third-order valence-corrected chi connectivity index (χ3v) is 3.86. The van der Waals surface area contributed by atoms with E-state index in [0.29, 0.717) is 6.71 Å². The van der Waals surface area contributed by atoms with Crippen LogP contribution in [0.25, 0.3) is 0 Å². The molecule has 0 bridgehead atoms. The fourth-order valence-electron chi connectivity index (χ4n) is 2.98. The van der Waals surface area contributed by atoms with Crippen molar-refractivity contribution in [2.45, 2.75) is 25.5 Å². The van der Waals surface area contributed by atoms with E-state index in [2.05, 4.69) is 49.3 Å². The maximum Gasteiger partial charge on any atom is 0.180 e. The van der Waals surface area contributed by atoms with E-state index >= 15 is 0 Å². The molecular formula is C14H15B. The van der Waals surface area contributed by atoms with E-state index in [9.17, 15) is 0 Å². The standard InChI is InChI=1S/C14H15B/c1-15-13-8-4-2-6-11(13)10-12-7-3-5-9-14(12)15/h2-8,14H,9-10H2,1H3. The minimum absolute atomic E-state index is 0.686. The first-order valence-electron chi connectivity index (χ1n) is 5.79. The molecule has 1 atom stereocenters. The SMILES string of the molecule is CB1c2ccccc2CC2=CC=CCC12. The molecule has 1 aliphatic heterocycles. The molecular weight excluding hydrogens is 179 g/mol. The second-order valence-corrected chi connectivity index (χ2v) is 4.68. The third kappa shape index (κ3) is 1.38. The summed E-state index contributed by atoms with van der Waals surface area (Å²) in [6, 6.07) is 8.91. The predicted octanol–water partition coefficient (Wildman–Crippen LogP) is 2.83. The van der Waals surface area contributed by atoms with Crippen molar-refractivity contribution in [1.29, 1.82) is 0 Å². The van der Waals surface area contributed by atoms with E-state index in [1.165, 1.54) is 12.0 Å². The Hall–Kier alpha value is -1.24. The molecule has 15 heavy (non-hydrogen) atoms. The van der Waals surface area contributed by atoms with E-state index in [1.54, 1.807) is 11.0 Å². The lowest BCUT2D eigenvalue weighted by molar-refractivity contribution is 0.877. The number of allylic oxidation sites excluding steroid dienone is 4. The summed E-state index contributed by atoms with van der Waals surface area (Å²) in [5.41, 5.74) is 4.72. The minimum atomic E-state index is 0.686.